The molecule has 2 aromatic carbocycles. The van der Waals surface area contributed by atoms with Crippen LogP contribution in [0.3, 0.4) is 0 Å². The van der Waals surface area contributed by atoms with Crippen molar-refractivity contribution in [2.24, 2.45) is 0 Å². The van der Waals surface area contributed by atoms with E-state index in [1.54, 1.807) is 42.5 Å². The van der Waals surface area contributed by atoms with Crippen LogP contribution in [0.15, 0.2) is 54.6 Å². The zero-order chi connectivity index (χ0) is 15.2. The van der Waals surface area contributed by atoms with Crippen molar-refractivity contribution in [1.29, 1.82) is 0 Å². The van der Waals surface area contributed by atoms with Gasteiger partial charge in [-0.05, 0) is 42.0 Å². The van der Waals surface area contributed by atoms with Gasteiger partial charge in [0.1, 0.15) is 0 Å². The summed E-state index contributed by atoms with van der Waals surface area (Å²) < 4.78 is 0. The monoisotopic (exact) mass is 301 g/mol. The average molecular weight is 302 g/mol. The van der Waals surface area contributed by atoms with Crippen molar-refractivity contribution in [3.05, 3.63) is 70.8 Å². The predicted molar refractivity (Wildman–Crippen MR) is 82.5 cm³/mol. The minimum Gasteiger partial charge on any atom is -0.478 e. The Balaban J connectivity index is 2.03. The summed E-state index contributed by atoms with van der Waals surface area (Å²) in [5, 5.41) is 12.1. The molecule has 0 heterocycles. The zero-order valence-electron chi connectivity index (χ0n) is 10.9. The van der Waals surface area contributed by atoms with Gasteiger partial charge in [0.25, 0.3) is 0 Å². The topological polar surface area (TPSA) is 66.4 Å². The Hall–Kier alpha value is -2.59. The van der Waals surface area contributed by atoms with Gasteiger partial charge in [0.15, 0.2) is 0 Å². The van der Waals surface area contributed by atoms with Crippen LogP contribution in [-0.4, -0.2) is 17.0 Å². The number of carboxylic acid groups (broad SMARTS) is 1. The van der Waals surface area contributed by atoms with Gasteiger partial charge in [-0.25, -0.2) is 4.79 Å². The smallest absolute Gasteiger partial charge is 0.335 e. The zero-order valence-corrected chi connectivity index (χ0v) is 11.7. The van der Waals surface area contributed by atoms with Gasteiger partial charge >= 0.3 is 5.97 Å². The summed E-state index contributed by atoms with van der Waals surface area (Å²) in [7, 11) is 0. The highest BCUT2D eigenvalue weighted by Gasteiger charge is 2.04. The third kappa shape index (κ3) is 4.47. The van der Waals surface area contributed by atoms with Crippen molar-refractivity contribution in [2.45, 2.75) is 0 Å². The predicted octanol–water partition coefficient (Wildman–Crippen LogP) is 3.69. The molecular formula is C16H12ClNO3. The standard InChI is InChI=1S/C16H12ClNO3/c17-13-7-4-11(5-8-13)6-9-15(19)18-14-3-1-2-12(10-14)16(20)21/h1-10H,(H,18,19)(H,20,21). The maximum absolute atomic E-state index is 11.8. The Kier molecular flexibility index (Phi) is 4.74. The lowest BCUT2D eigenvalue weighted by Crippen LogP contribution is -2.08. The van der Waals surface area contributed by atoms with E-state index in [4.69, 9.17) is 16.7 Å². The number of anilines is 1. The van der Waals surface area contributed by atoms with E-state index in [0.29, 0.717) is 10.7 Å². The van der Waals surface area contributed by atoms with E-state index in [9.17, 15) is 9.59 Å². The Morgan fingerprint density at radius 2 is 1.81 bits per heavy atom. The van der Waals surface area contributed by atoms with E-state index in [0.717, 1.165) is 5.56 Å². The first-order chi connectivity index (χ1) is 10.0. The number of hydrogen-bond donors (Lipinski definition) is 2. The summed E-state index contributed by atoms with van der Waals surface area (Å²) in [6, 6.07) is 13.1. The molecule has 0 aliphatic rings. The van der Waals surface area contributed by atoms with Crippen LogP contribution in [0.1, 0.15) is 15.9 Å². The fourth-order valence-corrected chi connectivity index (χ4v) is 1.79. The maximum Gasteiger partial charge on any atom is 0.335 e. The minimum absolute atomic E-state index is 0.120. The van der Waals surface area contributed by atoms with E-state index >= 15 is 0 Å². The van der Waals surface area contributed by atoms with Gasteiger partial charge in [0.2, 0.25) is 5.91 Å². The lowest BCUT2D eigenvalue weighted by Gasteiger charge is -2.03. The van der Waals surface area contributed by atoms with Crippen molar-refractivity contribution < 1.29 is 14.7 Å². The fourth-order valence-electron chi connectivity index (χ4n) is 1.66. The molecule has 0 radical (unpaired) electrons. The van der Waals surface area contributed by atoms with Gasteiger partial charge < -0.3 is 10.4 Å². The lowest BCUT2D eigenvalue weighted by molar-refractivity contribution is -0.111. The summed E-state index contributed by atoms with van der Waals surface area (Å²) >= 11 is 5.77. The van der Waals surface area contributed by atoms with Gasteiger partial charge in [-0.2, -0.15) is 0 Å². The Morgan fingerprint density at radius 3 is 2.48 bits per heavy atom. The fraction of sp³-hybridized carbons (Fsp3) is 0. The molecule has 4 nitrogen and oxygen atoms in total. The molecule has 0 aliphatic heterocycles. The van der Waals surface area contributed by atoms with Crippen molar-refractivity contribution in [3.8, 4) is 0 Å². The maximum atomic E-state index is 11.8. The van der Waals surface area contributed by atoms with Crippen LogP contribution < -0.4 is 5.32 Å². The molecule has 0 spiro atoms. The highest BCUT2D eigenvalue weighted by molar-refractivity contribution is 6.30. The second kappa shape index (κ2) is 6.72. The van der Waals surface area contributed by atoms with Gasteiger partial charge in [0.05, 0.1) is 5.56 Å². The van der Waals surface area contributed by atoms with Gasteiger partial charge in [-0.15, -0.1) is 0 Å². The van der Waals surface area contributed by atoms with Crippen LogP contribution in [0.25, 0.3) is 6.08 Å². The van der Waals surface area contributed by atoms with E-state index in [1.165, 1.54) is 18.2 Å². The van der Waals surface area contributed by atoms with Crippen LogP contribution in [0, 0.1) is 0 Å². The Bertz CT molecular complexity index is 693. The average Bonchev–Trinajstić information content (AvgIpc) is 2.47. The van der Waals surface area contributed by atoms with Crippen molar-refractivity contribution in [3.63, 3.8) is 0 Å². The number of amides is 1. The molecule has 0 aliphatic carbocycles. The number of carboxylic acids is 1. The van der Waals surface area contributed by atoms with E-state index in [1.807, 2.05) is 0 Å². The molecule has 21 heavy (non-hydrogen) atoms. The Labute approximate surface area is 126 Å². The molecule has 0 saturated heterocycles. The highest BCUT2D eigenvalue weighted by atomic mass is 35.5. The number of carbonyl (C=O) groups excluding carboxylic acids is 1. The van der Waals surface area contributed by atoms with Crippen molar-refractivity contribution in [2.75, 3.05) is 5.32 Å². The molecule has 0 bridgehead atoms. The Morgan fingerprint density at radius 1 is 1.10 bits per heavy atom. The third-order valence-corrected chi connectivity index (χ3v) is 2.93. The summed E-state index contributed by atoms with van der Waals surface area (Å²) in [5.74, 6) is -1.38. The number of benzene rings is 2. The van der Waals surface area contributed by atoms with E-state index < -0.39 is 5.97 Å². The summed E-state index contributed by atoms with van der Waals surface area (Å²) in [6.07, 6.45) is 3.02. The number of aromatic carboxylic acids is 1. The summed E-state index contributed by atoms with van der Waals surface area (Å²) in [5.41, 5.74) is 1.39. The molecular weight excluding hydrogens is 290 g/mol. The van der Waals surface area contributed by atoms with E-state index in [-0.39, 0.29) is 11.5 Å². The van der Waals surface area contributed by atoms with Crippen LogP contribution in [0.2, 0.25) is 5.02 Å². The van der Waals surface area contributed by atoms with Gasteiger partial charge in [-0.3, -0.25) is 4.79 Å². The number of rotatable bonds is 4. The van der Waals surface area contributed by atoms with E-state index in [2.05, 4.69) is 5.32 Å². The molecule has 2 aromatic rings. The second-order valence-electron chi connectivity index (χ2n) is 4.26. The molecule has 0 saturated carbocycles. The van der Waals surface area contributed by atoms with Crippen LogP contribution in [-0.2, 0) is 4.79 Å². The first kappa shape index (κ1) is 14.8. The molecule has 106 valence electrons. The lowest BCUT2D eigenvalue weighted by atomic mass is 10.2. The van der Waals surface area contributed by atoms with Gasteiger partial charge in [0, 0.05) is 16.8 Å². The largest absolute Gasteiger partial charge is 0.478 e. The van der Waals surface area contributed by atoms with Crippen LogP contribution in [0.4, 0.5) is 5.69 Å². The van der Waals surface area contributed by atoms with Crippen molar-refractivity contribution in [1.82, 2.24) is 0 Å². The molecule has 5 heteroatoms. The second-order valence-corrected chi connectivity index (χ2v) is 4.70. The van der Waals surface area contributed by atoms with Gasteiger partial charge in [-0.1, -0.05) is 29.8 Å². The normalized spacial score (nSPS) is 10.5. The molecule has 0 unspecified atom stereocenters. The quantitative estimate of drug-likeness (QED) is 0.846. The first-order valence-electron chi connectivity index (χ1n) is 6.12. The minimum atomic E-state index is -1.04. The van der Waals surface area contributed by atoms with Crippen LogP contribution in [0.5, 0.6) is 0 Å². The summed E-state index contributed by atoms with van der Waals surface area (Å²) in [6.45, 7) is 0. The number of hydrogen-bond acceptors (Lipinski definition) is 2. The molecule has 2 rings (SSSR count). The molecule has 0 atom stereocenters. The number of nitrogens with one attached hydrogen (secondary N) is 1. The molecule has 0 fully saturated rings. The molecule has 0 aromatic heterocycles. The number of carbonyl (C=O) groups is 2. The SMILES string of the molecule is O=C(C=Cc1ccc(Cl)cc1)Nc1cccc(C(=O)O)c1. The number of halogens is 1. The third-order valence-electron chi connectivity index (χ3n) is 2.67. The van der Waals surface area contributed by atoms with Crippen LogP contribution >= 0.6 is 11.6 Å². The molecule has 2 N–H and O–H groups in total. The molecule has 1 amide bonds. The van der Waals surface area contributed by atoms with Crippen molar-refractivity contribution >= 4 is 35.2 Å². The highest BCUT2D eigenvalue weighted by Crippen LogP contribution is 2.12. The first-order valence-corrected chi connectivity index (χ1v) is 6.50. The summed E-state index contributed by atoms with van der Waals surface area (Å²) in [4.78, 5) is 22.6.